The first-order valence-electron chi connectivity index (χ1n) is 6.90. The second-order valence-electron chi connectivity index (χ2n) is 4.84. The Bertz CT molecular complexity index is 531. The molecule has 1 aliphatic heterocycles. The van der Waals surface area contributed by atoms with Gasteiger partial charge in [-0.2, -0.15) is 17.0 Å². The molecule has 1 fully saturated rings. The van der Waals surface area contributed by atoms with Crippen molar-refractivity contribution in [2.75, 3.05) is 51.3 Å². The van der Waals surface area contributed by atoms with Crippen molar-refractivity contribution in [3.63, 3.8) is 0 Å². The van der Waals surface area contributed by atoms with Crippen molar-refractivity contribution in [2.24, 2.45) is 0 Å². The summed E-state index contributed by atoms with van der Waals surface area (Å²) in [4.78, 5) is 10.3. The van der Waals surface area contributed by atoms with Crippen molar-refractivity contribution >= 4 is 16.2 Å². The number of piperazine rings is 1. The van der Waals surface area contributed by atoms with Crippen LogP contribution in [0.2, 0.25) is 0 Å². The van der Waals surface area contributed by atoms with Crippen molar-refractivity contribution < 1.29 is 13.5 Å². The zero-order valence-corrected chi connectivity index (χ0v) is 12.9. The molecular formula is C12H21N5O3S. The summed E-state index contributed by atoms with van der Waals surface area (Å²) in [5.41, 5.74) is 0. The lowest BCUT2D eigenvalue weighted by molar-refractivity contribution is 0.270. The van der Waals surface area contributed by atoms with E-state index < -0.39 is 10.2 Å². The van der Waals surface area contributed by atoms with Gasteiger partial charge >= 0.3 is 0 Å². The van der Waals surface area contributed by atoms with E-state index in [0.29, 0.717) is 45.1 Å². The average molecular weight is 315 g/mol. The third kappa shape index (κ3) is 3.88. The quantitative estimate of drug-likeness (QED) is 0.736. The molecule has 0 amide bonds. The lowest BCUT2D eigenvalue weighted by Gasteiger charge is -2.35. The monoisotopic (exact) mass is 315 g/mol. The molecule has 8 nitrogen and oxygen atoms in total. The minimum absolute atomic E-state index is 0.0149. The molecule has 0 aromatic carbocycles. The molecule has 1 N–H and O–H groups in total. The topological polar surface area (TPSA) is 89.9 Å². The summed E-state index contributed by atoms with van der Waals surface area (Å²) in [6, 6.07) is 1.75. The van der Waals surface area contributed by atoms with Gasteiger partial charge in [-0.15, -0.1) is 0 Å². The number of hydrogen-bond donors (Lipinski definition) is 1. The molecule has 2 rings (SSSR count). The molecule has 9 heteroatoms. The number of aliphatic hydroxyl groups excluding tert-OH is 1. The van der Waals surface area contributed by atoms with Crippen molar-refractivity contribution in [1.29, 1.82) is 0 Å². The lowest BCUT2D eigenvalue weighted by atomic mass is 10.4. The molecule has 0 aliphatic carbocycles. The summed E-state index contributed by atoms with van der Waals surface area (Å²) in [5, 5.41) is 8.80. The normalized spacial score (nSPS) is 17.4. The zero-order chi connectivity index (χ0) is 15.3. The smallest absolute Gasteiger partial charge is 0.281 e. The van der Waals surface area contributed by atoms with Crippen LogP contribution in [-0.4, -0.2) is 78.5 Å². The maximum Gasteiger partial charge on any atom is 0.281 e. The van der Waals surface area contributed by atoms with Crippen LogP contribution in [0.1, 0.15) is 6.42 Å². The highest BCUT2D eigenvalue weighted by atomic mass is 32.2. The van der Waals surface area contributed by atoms with Gasteiger partial charge < -0.3 is 10.0 Å². The molecule has 1 saturated heterocycles. The zero-order valence-electron chi connectivity index (χ0n) is 12.1. The number of hydrogen-bond acceptors (Lipinski definition) is 6. The first-order valence-corrected chi connectivity index (χ1v) is 8.29. The molecule has 1 aliphatic rings. The summed E-state index contributed by atoms with van der Waals surface area (Å²) in [5.74, 6) is 0.628. The third-order valence-electron chi connectivity index (χ3n) is 3.42. The molecule has 21 heavy (non-hydrogen) atoms. The van der Waals surface area contributed by atoms with E-state index in [9.17, 15) is 8.42 Å². The van der Waals surface area contributed by atoms with Crippen molar-refractivity contribution in [3.8, 4) is 0 Å². The van der Waals surface area contributed by atoms with Crippen LogP contribution in [0.25, 0.3) is 0 Å². The van der Waals surface area contributed by atoms with Crippen LogP contribution in [-0.2, 0) is 10.2 Å². The maximum atomic E-state index is 12.4. The molecule has 118 valence electrons. The van der Waals surface area contributed by atoms with E-state index in [4.69, 9.17) is 5.11 Å². The molecule has 1 aromatic heterocycles. The van der Waals surface area contributed by atoms with Gasteiger partial charge in [-0.1, -0.05) is 0 Å². The van der Waals surface area contributed by atoms with Gasteiger partial charge in [0.05, 0.1) is 0 Å². The predicted octanol–water partition coefficient (Wildman–Crippen LogP) is -0.842. The molecule has 0 bridgehead atoms. The Balaban J connectivity index is 1.94. The fourth-order valence-electron chi connectivity index (χ4n) is 2.18. The highest BCUT2D eigenvalue weighted by Crippen LogP contribution is 2.14. The first kappa shape index (κ1) is 16.1. The minimum Gasteiger partial charge on any atom is -0.396 e. The predicted molar refractivity (Wildman–Crippen MR) is 79.1 cm³/mol. The molecule has 0 saturated carbocycles. The van der Waals surface area contributed by atoms with E-state index in [2.05, 4.69) is 9.97 Å². The van der Waals surface area contributed by atoms with Crippen LogP contribution in [0.5, 0.6) is 0 Å². The van der Waals surface area contributed by atoms with Gasteiger partial charge in [0, 0.05) is 58.8 Å². The number of rotatable bonds is 6. The number of anilines is 1. The average Bonchev–Trinajstić information content (AvgIpc) is 2.53. The molecule has 1 aromatic rings. The standard InChI is InChI=1S/C12H21N5O3S/c1-15(6-3-11-18)21(19,20)17-9-7-16(8-10-17)12-13-4-2-5-14-12/h2,4-5,18H,3,6-11H2,1H3. The fourth-order valence-corrected chi connectivity index (χ4v) is 3.56. The Morgan fingerprint density at radius 1 is 1.24 bits per heavy atom. The first-order chi connectivity index (χ1) is 10.1. The van der Waals surface area contributed by atoms with Gasteiger partial charge in [-0.25, -0.2) is 9.97 Å². The largest absolute Gasteiger partial charge is 0.396 e. The van der Waals surface area contributed by atoms with Gasteiger partial charge in [0.15, 0.2) is 0 Å². The Morgan fingerprint density at radius 2 is 1.86 bits per heavy atom. The van der Waals surface area contributed by atoms with E-state index in [1.165, 1.54) is 15.7 Å². The van der Waals surface area contributed by atoms with E-state index in [-0.39, 0.29) is 6.61 Å². The summed E-state index contributed by atoms with van der Waals surface area (Å²) < 4.78 is 27.5. The van der Waals surface area contributed by atoms with Crippen molar-refractivity contribution in [3.05, 3.63) is 18.5 Å². The highest BCUT2D eigenvalue weighted by Gasteiger charge is 2.30. The van der Waals surface area contributed by atoms with Crippen molar-refractivity contribution in [1.82, 2.24) is 18.6 Å². The molecule has 2 heterocycles. The summed E-state index contributed by atoms with van der Waals surface area (Å²) in [7, 11) is -1.91. The van der Waals surface area contributed by atoms with E-state index >= 15 is 0 Å². The second kappa shape index (κ2) is 7.12. The Hall–Kier alpha value is -1.29. The van der Waals surface area contributed by atoms with Crippen LogP contribution >= 0.6 is 0 Å². The summed E-state index contributed by atoms with van der Waals surface area (Å²) in [6.45, 7) is 2.25. The molecular weight excluding hydrogens is 294 g/mol. The fraction of sp³-hybridized carbons (Fsp3) is 0.667. The Morgan fingerprint density at radius 3 is 2.43 bits per heavy atom. The Labute approximate surface area is 125 Å². The number of nitrogens with zero attached hydrogens (tertiary/aromatic N) is 5. The summed E-state index contributed by atoms with van der Waals surface area (Å²) >= 11 is 0. The Kier molecular flexibility index (Phi) is 5.45. The van der Waals surface area contributed by atoms with E-state index in [0.717, 1.165) is 0 Å². The van der Waals surface area contributed by atoms with Gasteiger partial charge in [0.25, 0.3) is 10.2 Å². The minimum atomic E-state index is -3.45. The molecule has 0 radical (unpaired) electrons. The van der Waals surface area contributed by atoms with Gasteiger partial charge in [-0.05, 0) is 12.5 Å². The molecule has 0 atom stereocenters. The van der Waals surface area contributed by atoms with Crippen LogP contribution in [0, 0.1) is 0 Å². The van der Waals surface area contributed by atoms with Gasteiger partial charge in [-0.3, -0.25) is 0 Å². The van der Waals surface area contributed by atoms with Crippen LogP contribution in [0.15, 0.2) is 18.5 Å². The van der Waals surface area contributed by atoms with Gasteiger partial charge in [0.2, 0.25) is 5.95 Å². The summed E-state index contributed by atoms with van der Waals surface area (Å²) in [6.07, 6.45) is 3.79. The lowest BCUT2D eigenvalue weighted by Crippen LogP contribution is -2.52. The number of aromatic nitrogens is 2. The van der Waals surface area contributed by atoms with Crippen molar-refractivity contribution in [2.45, 2.75) is 6.42 Å². The SMILES string of the molecule is CN(CCCO)S(=O)(=O)N1CCN(c2ncccn2)CC1. The molecule has 0 unspecified atom stereocenters. The van der Waals surface area contributed by atoms with E-state index in [1.807, 2.05) is 4.90 Å². The van der Waals surface area contributed by atoms with Crippen LogP contribution in [0.3, 0.4) is 0 Å². The highest BCUT2D eigenvalue weighted by molar-refractivity contribution is 7.86. The van der Waals surface area contributed by atoms with Crippen LogP contribution < -0.4 is 4.90 Å². The van der Waals surface area contributed by atoms with E-state index in [1.54, 1.807) is 18.5 Å². The molecule has 0 spiro atoms. The third-order valence-corrected chi connectivity index (χ3v) is 5.41. The van der Waals surface area contributed by atoms with Crippen LogP contribution in [0.4, 0.5) is 5.95 Å². The maximum absolute atomic E-state index is 12.4. The number of aliphatic hydroxyl groups is 1. The van der Waals surface area contributed by atoms with Gasteiger partial charge in [0.1, 0.15) is 0 Å². The second-order valence-corrected chi connectivity index (χ2v) is 6.88.